The molecule has 102 valence electrons. The third-order valence-electron chi connectivity index (χ3n) is 2.16. The number of esters is 1. The molecule has 0 N–H and O–H groups in total. The highest BCUT2D eigenvalue weighted by molar-refractivity contribution is 7.81. The van der Waals surface area contributed by atoms with Gasteiger partial charge in [-0.2, -0.15) is 0 Å². The Bertz CT molecular complexity index is 484. The zero-order chi connectivity index (χ0) is 14.5. The van der Waals surface area contributed by atoms with Crippen LogP contribution in [-0.4, -0.2) is 23.7 Å². The first-order chi connectivity index (χ1) is 8.83. The quantitative estimate of drug-likeness (QED) is 0.482. The molecular weight excluding hydrogens is 260 g/mol. The van der Waals surface area contributed by atoms with Crippen molar-refractivity contribution in [1.82, 2.24) is 0 Å². The van der Waals surface area contributed by atoms with Crippen molar-refractivity contribution in [2.45, 2.75) is 26.4 Å². The molecule has 19 heavy (non-hydrogen) atoms. The van der Waals surface area contributed by atoms with Gasteiger partial charge in [-0.15, -0.1) is 0 Å². The molecule has 0 spiro atoms. The molecule has 0 amide bonds. The number of thiocarbonyl (C=S) groups is 1. The Balaban J connectivity index is 3.05. The molecule has 0 unspecified atom stereocenters. The maximum atomic E-state index is 11.8. The van der Waals surface area contributed by atoms with Gasteiger partial charge in [-0.25, -0.2) is 4.79 Å². The standard InChI is InChI=1S/C15H18O3S/c1-15(2,3)18-13(16)10-12(14(19)17-4)11-8-6-5-7-9-11/h5-10H,1-4H3/b12-10-. The molecule has 0 aliphatic heterocycles. The van der Waals surface area contributed by atoms with E-state index < -0.39 is 11.6 Å². The molecule has 3 nitrogen and oxygen atoms in total. The number of rotatable bonds is 3. The number of hydrogen-bond acceptors (Lipinski definition) is 4. The fourth-order valence-electron chi connectivity index (χ4n) is 1.44. The van der Waals surface area contributed by atoms with Crippen LogP contribution >= 0.6 is 12.2 Å². The minimum atomic E-state index is -0.538. The maximum absolute atomic E-state index is 11.8. The van der Waals surface area contributed by atoms with Crippen LogP contribution in [0.25, 0.3) is 5.57 Å². The van der Waals surface area contributed by atoms with Crippen LogP contribution in [0.4, 0.5) is 0 Å². The number of hydrogen-bond donors (Lipinski definition) is 0. The topological polar surface area (TPSA) is 35.5 Å². The maximum Gasteiger partial charge on any atom is 0.332 e. The summed E-state index contributed by atoms with van der Waals surface area (Å²) in [6, 6.07) is 9.36. The number of carbonyl (C=O) groups excluding carboxylic acids is 1. The second kappa shape index (κ2) is 6.48. The largest absolute Gasteiger partial charge is 0.486 e. The zero-order valence-electron chi connectivity index (χ0n) is 11.6. The number of ether oxygens (including phenoxy) is 2. The van der Waals surface area contributed by atoms with Crippen molar-refractivity contribution in [1.29, 1.82) is 0 Å². The highest BCUT2D eigenvalue weighted by Crippen LogP contribution is 2.18. The van der Waals surface area contributed by atoms with Crippen molar-refractivity contribution < 1.29 is 14.3 Å². The van der Waals surface area contributed by atoms with E-state index in [9.17, 15) is 4.79 Å². The minimum Gasteiger partial charge on any atom is -0.486 e. The normalized spacial score (nSPS) is 11.9. The Morgan fingerprint density at radius 2 is 1.79 bits per heavy atom. The minimum absolute atomic E-state index is 0.261. The summed E-state index contributed by atoms with van der Waals surface area (Å²) in [5.41, 5.74) is 0.830. The highest BCUT2D eigenvalue weighted by atomic mass is 32.1. The Morgan fingerprint density at radius 1 is 1.21 bits per heavy atom. The van der Waals surface area contributed by atoms with Gasteiger partial charge in [0.05, 0.1) is 7.11 Å². The summed E-state index contributed by atoms with van der Waals surface area (Å²) >= 11 is 5.12. The third kappa shape index (κ3) is 5.22. The van der Waals surface area contributed by atoms with Gasteiger partial charge in [-0.05, 0) is 38.6 Å². The van der Waals surface area contributed by atoms with E-state index in [4.69, 9.17) is 21.7 Å². The van der Waals surface area contributed by atoms with Crippen LogP contribution in [0.1, 0.15) is 26.3 Å². The van der Waals surface area contributed by atoms with Crippen LogP contribution in [0.2, 0.25) is 0 Å². The zero-order valence-corrected chi connectivity index (χ0v) is 12.4. The fraction of sp³-hybridized carbons (Fsp3) is 0.333. The summed E-state index contributed by atoms with van der Waals surface area (Å²) in [6.07, 6.45) is 1.37. The molecular formula is C15H18O3S. The Kier molecular flexibility index (Phi) is 5.24. The van der Waals surface area contributed by atoms with E-state index in [-0.39, 0.29) is 5.05 Å². The highest BCUT2D eigenvalue weighted by Gasteiger charge is 2.17. The molecule has 0 aliphatic rings. The van der Waals surface area contributed by atoms with Crippen LogP contribution in [0.3, 0.4) is 0 Å². The summed E-state index contributed by atoms with van der Waals surface area (Å²) in [5.74, 6) is -0.439. The summed E-state index contributed by atoms with van der Waals surface area (Å²) in [6.45, 7) is 5.45. The molecule has 0 radical (unpaired) electrons. The predicted octanol–water partition coefficient (Wildman–Crippen LogP) is 3.39. The van der Waals surface area contributed by atoms with Gasteiger partial charge < -0.3 is 9.47 Å². The number of carbonyl (C=O) groups is 1. The van der Waals surface area contributed by atoms with Crippen molar-refractivity contribution in [3.8, 4) is 0 Å². The van der Waals surface area contributed by atoms with Gasteiger partial charge >= 0.3 is 5.97 Å². The summed E-state index contributed by atoms with van der Waals surface area (Å²) < 4.78 is 10.3. The monoisotopic (exact) mass is 278 g/mol. The van der Waals surface area contributed by atoms with Gasteiger partial charge in [0, 0.05) is 11.6 Å². The Labute approximate surface area is 119 Å². The molecule has 1 aromatic carbocycles. The van der Waals surface area contributed by atoms with E-state index in [0.29, 0.717) is 5.57 Å². The smallest absolute Gasteiger partial charge is 0.332 e. The van der Waals surface area contributed by atoms with Crippen LogP contribution in [0.15, 0.2) is 36.4 Å². The van der Waals surface area contributed by atoms with Crippen LogP contribution in [0, 0.1) is 0 Å². The Morgan fingerprint density at radius 3 is 2.26 bits per heavy atom. The molecule has 0 bridgehead atoms. The molecule has 0 heterocycles. The van der Waals surface area contributed by atoms with E-state index in [1.54, 1.807) is 0 Å². The van der Waals surface area contributed by atoms with E-state index in [2.05, 4.69) is 0 Å². The van der Waals surface area contributed by atoms with Crippen LogP contribution in [0.5, 0.6) is 0 Å². The first-order valence-electron chi connectivity index (χ1n) is 5.92. The van der Waals surface area contributed by atoms with Crippen molar-refractivity contribution in [2.75, 3.05) is 7.11 Å². The average molecular weight is 278 g/mol. The molecule has 0 fully saturated rings. The fourth-order valence-corrected chi connectivity index (χ4v) is 1.61. The average Bonchev–Trinajstić information content (AvgIpc) is 2.34. The van der Waals surface area contributed by atoms with Gasteiger partial charge in [-0.3, -0.25) is 0 Å². The third-order valence-corrected chi connectivity index (χ3v) is 2.55. The van der Waals surface area contributed by atoms with Gasteiger partial charge in [0.1, 0.15) is 5.60 Å². The lowest BCUT2D eigenvalue weighted by molar-refractivity contribution is -0.148. The van der Waals surface area contributed by atoms with Gasteiger partial charge in [0.2, 0.25) is 0 Å². The van der Waals surface area contributed by atoms with E-state index in [0.717, 1.165) is 5.56 Å². The van der Waals surface area contributed by atoms with E-state index in [1.807, 2.05) is 51.1 Å². The molecule has 0 aromatic heterocycles. The molecule has 4 heteroatoms. The number of benzene rings is 1. The summed E-state index contributed by atoms with van der Waals surface area (Å²) in [4.78, 5) is 11.8. The lowest BCUT2D eigenvalue weighted by Gasteiger charge is -2.18. The predicted molar refractivity (Wildman–Crippen MR) is 79.9 cm³/mol. The van der Waals surface area contributed by atoms with E-state index in [1.165, 1.54) is 13.2 Å². The van der Waals surface area contributed by atoms with Gasteiger partial charge in [0.25, 0.3) is 0 Å². The van der Waals surface area contributed by atoms with Crippen molar-refractivity contribution in [3.63, 3.8) is 0 Å². The Hall–Kier alpha value is -1.68. The van der Waals surface area contributed by atoms with Crippen LogP contribution in [-0.2, 0) is 14.3 Å². The van der Waals surface area contributed by atoms with Gasteiger partial charge in [-0.1, -0.05) is 30.3 Å². The molecule has 1 rings (SSSR count). The lowest BCUT2D eigenvalue weighted by Crippen LogP contribution is -2.23. The molecule has 0 aliphatic carbocycles. The molecule has 0 saturated carbocycles. The van der Waals surface area contributed by atoms with Crippen molar-refractivity contribution >= 4 is 28.8 Å². The molecule has 0 atom stereocenters. The molecule has 0 saturated heterocycles. The number of methoxy groups -OCH3 is 1. The van der Waals surface area contributed by atoms with Gasteiger partial charge in [0.15, 0.2) is 5.05 Å². The summed E-state index contributed by atoms with van der Waals surface area (Å²) in [5, 5.41) is 0.261. The second-order valence-corrected chi connectivity index (χ2v) is 5.32. The van der Waals surface area contributed by atoms with Crippen molar-refractivity contribution in [2.24, 2.45) is 0 Å². The first kappa shape index (κ1) is 15.4. The van der Waals surface area contributed by atoms with Crippen molar-refractivity contribution in [3.05, 3.63) is 42.0 Å². The van der Waals surface area contributed by atoms with Crippen LogP contribution < -0.4 is 0 Å². The first-order valence-corrected chi connectivity index (χ1v) is 6.33. The SMILES string of the molecule is COC(=S)/C(=C\C(=O)OC(C)(C)C)c1ccccc1. The second-order valence-electron chi connectivity index (χ2n) is 4.95. The van der Waals surface area contributed by atoms with E-state index >= 15 is 0 Å². The summed E-state index contributed by atoms with van der Waals surface area (Å²) in [7, 11) is 1.48. The molecule has 1 aromatic rings. The lowest BCUT2D eigenvalue weighted by atomic mass is 10.1.